The van der Waals surface area contributed by atoms with Gasteiger partial charge in [0.25, 0.3) is 0 Å². The van der Waals surface area contributed by atoms with E-state index in [0.717, 1.165) is 36.0 Å². The molecule has 1 saturated heterocycles. The average molecular weight is 324 g/mol. The summed E-state index contributed by atoms with van der Waals surface area (Å²) in [6.07, 6.45) is 3.29. The number of nitriles is 1. The van der Waals surface area contributed by atoms with Gasteiger partial charge in [-0.3, -0.25) is 5.10 Å². The quantitative estimate of drug-likeness (QED) is 0.927. The molecule has 0 amide bonds. The van der Waals surface area contributed by atoms with Crippen molar-refractivity contribution in [3.8, 4) is 6.07 Å². The van der Waals surface area contributed by atoms with Gasteiger partial charge in [-0.05, 0) is 31.4 Å². The first-order chi connectivity index (χ1) is 11.7. The first kappa shape index (κ1) is 15.1. The Morgan fingerprint density at radius 3 is 2.88 bits per heavy atom. The predicted molar refractivity (Wildman–Crippen MR) is 87.5 cm³/mol. The van der Waals surface area contributed by atoms with E-state index in [0.29, 0.717) is 11.6 Å². The molecule has 0 aromatic carbocycles. The van der Waals surface area contributed by atoms with Gasteiger partial charge in [0.1, 0.15) is 23.4 Å². The molecule has 2 aromatic rings. The van der Waals surface area contributed by atoms with Crippen LogP contribution >= 0.6 is 0 Å². The Labute approximate surface area is 140 Å². The number of ether oxygens (including phenoxy) is 1. The van der Waals surface area contributed by atoms with Gasteiger partial charge in [0.15, 0.2) is 5.82 Å². The Kier molecular flexibility index (Phi) is 3.69. The van der Waals surface area contributed by atoms with Crippen molar-refractivity contribution >= 4 is 5.82 Å². The van der Waals surface area contributed by atoms with Gasteiger partial charge in [-0.1, -0.05) is 6.07 Å². The Hall–Kier alpha value is -2.46. The fraction of sp³-hybridized carbons (Fsp3) is 0.529. The molecule has 2 aromatic heterocycles. The van der Waals surface area contributed by atoms with Crippen LogP contribution in [0.5, 0.6) is 0 Å². The number of hydrogen-bond donors (Lipinski definition) is 1. The minimum atomic E-state index is 0.0386. The van der Waals surface area contributed by atoms with Crippen molar-refractivity contribution in [1.82, 2.24) is 20.2 Å². The highest BCUT2D eigenvalue weighted by Crippen LogP contribution is 2.40. The van der Waals surface area contributed by atoms with Crippen LogP contribution in [-0.4, -0.2) is 39.9 Å². The number of anilines is 1. The van der Waals surface area contributed by atoms with Crippen LogP contribution in [0.4, 0.5) is 5.82 Å². The van der Waals surface area contributed by atoms with Gasteiger partial charge in [0.2, 0.25) is 0 Å². The molecule has 7 heteroatoms. The number of pyridine rings is 1. The van der Waals surface area contributed by atoms with Crippen molar-refractivity contribution < 1.29 is 4.74 Å². The van der Waals surface area contributed by atoms with E-state index in [1.807, 2.05) is 19.1 Å². The lowest BCUT2D eigenvalue weighted by molar-refractivity contribution is 0.118. The number of aryl methyl sites for hydroxylation is 1. The van der Waals surface area contributed by atoms with Gasteiger partial charge in [0.05, 0.1) is 12.1 Å². The van der Waals surface area contributed by atoms with Crippen LogP contribution in [0.3, 0.4) is 0 Å². The molecule has 0 unspecified atom stereocenters. The maximum absolute atomic E-state index is 9.25. The molecule has 2 fully saturated rings. The summed E-state index contributed by atoms with van der Waals surface area (Å²) in [5.41, 5.74) is 1.35. The molecule has 4 rings (SSSR count). The summed E-state index contributed by atoms with van der Waals surface area (Å²) in [6, 6.07) is 6.10. The number of aromatic nitrogens is 4. The second-order valence-corrected chi connectivity index (χ2v) is 6.56. The van der Waals surface area contributed by atoms with Crippen molar-refractivity contribution in [2.75, 3.05) is 18.6 Å². The standard InChI is InChI=1S/C17H20N6O/c1-10-3-6-15(19-13(10)8-18)23-9-12(24-2)7-14(23)17-20-16(21-22-17)11-4-5-11/h3,6,11-12,14H,4-5,7,9H2,1-2H3,(H,20,21,22)/t12-,14+/m1/s1. The minimum Gasteiger partial charge on any atom is -0.380 e. The molecular weight excluding hydrogens is 304 g/mol. The Morgan fingerprint density at radius 1 is 1.33 bits per heavy atom. The SMILES string of the molecule is CO[C@@H]1C[C@@H](c2nc(C3CC3)n[nH]2)N(c2ccc(C)c(C#N)n2)C1. The zero-order valence-corrected chi connectivity index (χ0v) is 13.9. The van der Waals surface area contributed by atoms with Gasteiger partial charge in [-0.2, -0.15) is 10.4 Å². The normalized spacial score (nSPS) is 23.5. The van der Waals surface area contributed by atoms with E-state index < -0.39 is 0 Å². The second-order valence-electron chi connectivity index (χ2n) is 6.56. The molecule has 1 saturated carbocycles. The van der Waals surface area contributed by atoms with Crippen molar-refractivity contribution in [1.29, 1.82) is 5.26 Å². The summed E-state index contributed by atoms with van der Waals surface area (Å²) in [6.45, 7) is 2.62. The van der Waals surface area contributed by atoms with Crippen LogP contribution in [0, 0.1) is 18.3 Å². The number of nitrogens with zero attached hydrogens (tertiary/aromatic N) is 5. The van der Waals surface area contributed by atoms with Crippen LogP contribution in [0.1, 0.15) is 54.1 Å². The zero-order valence-electron chi connectivity index (χ0n) is 13.9. The molecule has 0 spiro atoms. The van der Waals surface area contributed by atoms with Crippen LogP contribution in [-0.2, 0) is 4.74 Å². The third-order valence-electron chi connectivity index (χ3n) is 4.86. The number of hydrogen-bond acceptors (Lipinski definition) is 6. The molecule has 2 aliphatic rings. The van der Waals surface area contributed by atoms with E-state index in [2.05, 4.69) is 26.2 Å². The Morgan fingerprint density at radius 2 is 2.17 bits per heavy atom. The van der Waals surface area contributed by atoms with Crippen molar-refractivity contribution in [2.45, 2.75) is 44.2 Å². The summed E-state index contributed by atoms with van der Waals surface area (Å²) in [7, 11) is 1.73. The lowest BCUT2D eigenvalue weighted by Gasteiger charge is -2.24. The molecular formula is C17H20N6O. The van der Waals surface area contributed by atoms with Crippen molar-refractivity contribution in [3.63, 3.8) is 0 Å². The number of H-pyrrole nitrogens is 1. The highest BCUT2D eigenvalue weighted by atomic mass is 16.5. The number of aromatic amines is 1. The fourth-order valence-electron chi connectivity index (χ4n) is 3.23. The molecule has 1 aliphatic carbocycles. The van der Waals surface area contributed by atoms with Crippen LogP contribution in [0.25, 0.3) is 0 Å². The summed E-state index contributed by atoms with van der Waals surface area (Å²) >= 11 is 0. The molecule has 2 atom stereocenters. The van der Waals surface area contributed by atoms with Crippen LogP contribution < -0.4 is 4.90 Å². The second kappa shape index (κ2) is 5.87. The topological polar surface area (TPSA) is 90.7 Å². The molecule has 1 N–H and O–H groups in total. The van der Waals surface area contributed by atoms with E-state index in [9.17, 15) is 5.26 Å². The highest BCUT2D eigenvalue weighted by Gasteiger charge is 2.37. The number of rotatable bonds is 4. The monoisotopic (exact) mass is 324 g/mol. The van der Waals surface area contributed by atoms with E-state index in [-0.39, 0.29) is 12.1 Å². The van der Waals surface area contributed by atoms with Gasteiger partial charge in [-0.15, -0.1) is 0 Å². The average Bonchev–Trinajstić information content (AvgIpc) is 3.18. The maximum Gasteiger partial charge on any atom is 0.153 e. The molecule has 0 radical (unpaired) electrons. The third-order valence-corrected chi connectivity index (χ3v) is 4.86. The lowest BCUT2D eigenvalue weighted by atomic mass is 10.2. The maximum atomic E-state index is 9.25. The third kappa shape index (κ3) is 2.63. The molecule has 124 valence electrons. The summed E-state index contributed by atoms with van der Waals surface area (Å²) < 4.78 is 5.56. The summed E-state index contributed by atoms with van der Waals surface area (Å²) in [5.74, 6) is 3.08. The molecule has 7 nitrogen and oxygen atoms in total. The lowest BCUT2D eigenvalue weighted by Crippen LogP contribution is -2.26. The van der Waals surface area contributed by atoms with E-state index >= 15 is 0 Å². The van der Waals surface area contributed by atoms with Gasteiger partial charge < -0.3 is 9.64 Å². The zero-order chi connectivity index (χ0) is 16.7. The number of nitrogens with one attached hydrogen (secondary N) is 1. The van der Waals surface area contributed by atoms with E-state index in [4.69, 9.17) is 9.72 Å². The van der Waals surface area contributed by atoms with Gasteiger partial charge in [0, 0.05) is 26.0 Å². The number of methoxy groups -OCH3 is 1. The first-order valence-corrected chi connectivity index (χ1v) is 8.29. The largest absolute Gasteiger partial charge is 0.380 e. The smallest absolute Gasteiger partial charge is 0.153 e. The molecule has 24 heavy (non-hydrogen) atoms. The molecule has 3 heterocycles. The Balaban J connectivity index is 1.67. The van der Waals surface area contributed by atoms with Crippen molar-refractivity contribution in [2.24, 2.45) is 0 Å². The minimum absolute atomic E-state index is 0.0386. The van der Waals surface area contributed by atoms with Crippen LogP contribution in [0.2, 0.25) is 0 Å². The Bertz CT molecular complexity index is 791. The fourth-order valence-corrected chi connectivity index (χ4v) is 3.23. The molecule has 0 bridgehead atoms. The summed E-state index contributed by atoms with van der Waals surface area (Å²) in [4.78, 5) is 11.4. The van der Waals surface area contributed by atoms with E-state index in [1.165, 1.54) is 12.8 Å². The van der Waals surface area contributed by atoms with Crippen LogP contribution in [0.15, 0.2) is 12.1 Å². The predicted octanol–water partition coefficient (Wildman–Crippen LogP) is 2.22. The molecule has 1 aliphatic heterocycles. The van der Waals surface area contributed by atoms with Gasteiger partial charge >= 0.3 is 0 Å². The highest BCUT2D eigenvalue weighted by molar-refractivity contribution is 5.47. The van der Waals surface area contributed by atoms with E-state index in [1.54, 1.807) is 7.11 Å². The summed E-state index contributed by atoms with van der Waals surface area (Å²) in [5, 5.41) is 16.7. The first-order valence-electron chi connectivity index (χ1n) is 8.29. The van der Waals surface area contributed by atoms with Gasteiger partial charge in [-0.25, -0.2) is 9.97 Å². The van der Waals surface area contributed by atoms with Crippen molar-refractivity contribution in [3.05, 3.63) is 35.0 Å².